The Morgan fingerprint density at radius 2 is 0.500 bits per heavy atom. The highest BCUT2D eigenvalue weighted by Crippen LogP contribution is 2.17. The predicted molar refractivity (Wildman–Crippen MR) is 357 cm³/mol. The van der Waals surface area contributed by atoms with E-state index in [0.717, 1.165) is 89.9 Å². The summed E-state index contributed by atoms with van der Waals surface area (Å²) in [6, 6.07) is 0. The minimum absolute atomic E-state index is 0.106. The van der Waals surface area contributed by atoms with Crippen molar-refractivity contribution in [1.29, 1.82) is 0 Å². The zero-order chi connectivity index (χ0) is 59.2. The van der Waals surface area contributed by atoms with Crippen LogP contribution in [0.2, 0.25) is 0 Å². The van der Waals surface area contributed by atoms with Crippen LogP contribution < -0.4 is 0 Å². The van der Waals surface area contributed by atoms with E-state index in [1.54, 1.807) is 0 Å². The summed E-state index contributed by atoms with van der Waals surface area (Å²) in [4.78, 5) is 38.4. The van der Waals surface area contributed by atoms with E-state index in [4.69, 9.17) is 14.2 Å². The summed E-state index contributed by atoms with van der Waals surface area (Å²) < 4.78 is 16.9. The fourth-order valence-electron chi connectivity index (χ4n) is 9.83. The molecule has 0 aliphatic carbocycles. The first-order valence-electron chi connectivity index (χ1n) is 34.9. The molecule has 0 saturated carbocycles. The molecule has 6 heteroatoms. The molecule has 0 aromatic rings. The summed E-state index contributed by atoms with van der Waals surface area (Å²) in [6.07, 6.45) is 95.5. The molecule has 0 spiro atoms. The molecule has 470 valence electrons. The molecular formula is C76H130O6. The summed E-state index contributed by atoms with van der Waals surface area (Å²) in [5.74, 6) is -0.978. The van der Waals surface area contributed by atoms with E-state index in [1.807, 2.05) is 6.08 Å². The molecule has 0 heterocycles. The third kappa shape index (κ3) is 66.9. The van der Waals surface area contributed by atoms with E-state index < -0.39 is 6.10 Å². The summed E-state index contributed by atoms with van der Waals surface area (Å²) in [7, 11) is 0. The van der Waals surface area contributed by atoms with Crippen LogP contribution in [0.15, 0.2) is 109 Å². The van der Waals surface area contributed by atoms with E-state index in [-0.39, 0.29) is 37.5 Å². The second kappa shape index (κ2) is 69.6. The van der Waals surface area contributed by atoms with Gasteiger partial charge in [-0.3, -0.25) is 14.4 Å². The number of esters is 3. The lowest BCUT2D eigenvalue weighted by Gasteiger charge is -2.18. The average molecular weight is 1140 g/mol. The molecule has 0 radical (unpaired) electrons. The van der Waals surface area contributed by atoms with Crippen molar-refractivity contribution in [2.45, 2.75) is 341 Å². The standard InChI is InChI=1S/C76H130O6/c1-4-7-10-13-16-19-22-25-28-31-33-34-35-36-37-38-39-40-41-42-44-45-48-51-54-57-60-63-66-69-75(78)81-72-73(71-80-74(77)68-65-62-59-56-53-50-47-30-27-24-21-18-15-12-9-6-3)82-76(79)70-67-64-61-58-55-52-49-46-43-32-29-26-23-20-17-14-11-8-5-2/h8,11,17,20,22,25-26,29,31,33,35-36,43,46,52,55,61,64,73H,4-7,9-10,12-16,18-19,21,23-24,27-28,30,32,34,37-42,44-45,47-51,53-54,56-60,62-63,65-72H2,1-3H3/b11-8-,20-17-,25-22-,29-26-,33-31-,36-35-,46-43-,55-52-,64-61-. The van der Waals surface area contributed by atoms with Gasteiger partial charge < -0.3 is 14.2 Å². The first-order valence-corrected chi connectivity index (χ1v) is 34.9. The normalized spacial score (nSPS) is 12.8. The largest absolute Gasteiger partial charge is 0.462 e. The molecule has 0 aromatic carbocycles. The van der Waals surface area contributed by atoms with E-state index in [0.29, 0.717) is 19.3 Å². The molecular weight excluding hydrogens is 1010 g/mol. The Morgan fingerprint density at radius 3 is 0.793 bits per heavy atom. The first kappa shape index (κ1) is 78.1. The third-order valence-corrected chi connectivity index (χ3v) is 15.0. The maximum absolute atomic E-state index is 12.9. The molecule has 6 nitrogen and oxygen atoms in total. The van der Waals surface area contributed by atoms with Crippen molar-refractivity contribution < 1.29 is 28.6 Å². The number of unbranched alkanes of at least 4 members (excludes halogenated alkanes) is 34. The second-order valence-corrected chi connectivity index (χ2v) is 23.1. The van der Waals surface area contributed by atoms with Crippen LogP contribution in [0.4, 0.5) is 0 Å². The molecule has 0 aromatic heterocycles. The number of carbonyl (C=O) groups excluding carboxylic acids is 3. The third-order valence-electron chi connectivity index (χ3n) is 15.0. The average Bonchev–Trinajstić information content (AvgIpc) is 3.47. The van der Waals surface area contributed by atoms with Gasteiger partial charge in [-0.05, 0) is 96.3 Å². The van der Waals surface area contributed by atoms with E-state index in [9.17, 15) is 14.4 Å². The van der Waals surface area contributed by atoms with Gasteiger partial charge in [0.05, 0.1) is 0 Å². The Bertz CT molecular complexity index is 1640. The minimum Gasteiger partial charge on any atom is -0.462 e. The molecule has 0 saturated heterocycles. The summed E-state index contributed by atoms with van der Waals surface area (Å²) in [6.45, 7) is 6.49. The molecule has 0 amide bonds. The Balaban J connectivity index is 4.36. The quantitative estimate of drug-likeness (QED) is 0.0261. The van der Waals surface area contributed by atoms with Crippen molar-refractivity contribution in [2.24, 2.45) is 0 Å². The van der Waals surface area contributed by atoms with Crippen molar-refractivity contribution in [3.8, 4) is 0 Å². The Kier molecular flexibility index (Phi) is 66.2. The lowest BCUT2D eigenvalue weighted by molar-refractivity contribution is -0.166. The summed E-state index contributed by atoms with van der Waals surface area (Å²) in [5, 5.41) is 0. The van der Waals surface area contributed by atoms with Gasteiger partial charge in [0.1, 0.15) is 13.2 Å². The van der Waals surface area contributed by atoms with Gasteiger partial charge in [0.15, 0.2) is 6.10 Å². The number of carbonyl (C=O) groups is 3. The molecule has 1 unspecified atom stereocenters. The highest BCUT2D eigenvalue weighted by atomic mass is 16.6. The van der Waals surface area contributed by atoms with Crippen LogP contribution in [0, 0.1) is 0 Å². The van der Waals surface area contributed by atoms with Gasteiger partial charge in [-0.2, -0.15) is 0 Å². The van der Waals surface area contributed by atoms with E-state index in [2.05, 4.69) is 124 Å². The van der Waals surface area contributed by atoms with Crippen LogP contribution in [0.3, 0.4) is 0 Å². The molecule has 1 atom stereocenters. The van der Waals surface area contributed by atoms with Crippen LogP contribution in [0.25, 0.3) is 0 Å². The van der Waals surface area contributed by atoms with Crippen molar-refractivity contribution >= 4 is 17.9 Å². The maximum Gasteiger partial charge on any atom is 0.306 e. The number of hydrogen-bond donors (Lipinski definition) is 0. The second-order valence-electron chi connectivity index (χ2n) is 23.1. The van der Waals surface area contributed by atoms with Crippen LogP contribution >= 0.6 is 0 Å². The SMILES string of the molecule is CC/C=C\C/C=C\C/C=C\C/C=C\C/C=C\C/C=C\CCC(=O)OC(COC(=O)CCCCCCCCCCCCCCCC/C=C\C/C=C\C/C=C\CCCCCCC)COC(=O)CCCCCCCCCCCCCCCCCC. The zero-order valence-electron chi connectivity index (χ0n) is 54.0. The molecule has 0 rings (SSSR count). The molecule has 0 bridgehead atoms. The Hall–Kier alpha value is -3.93. The van der Waals surface area contributed by atoms with Crippen LogP contribution in [0.5, 0.6) is 0 Å². The number of hydrogen-bond acceptors (Lipinski definition) is 6. The number of allylic oxidation sites excluding steroid dienone is 18. The van der Waals surface area contributed by atoms with Gasteiger partial charge in [-0.15, -0.1) is 0 Å². The summed E-state index contributed by atoms with van der Waals surface area (Å²) in [5.41, 5.74) is 0. The molecule has 0 aliphatic heterocycles. The highest BCUT2D eigenvalue weighted by Gasteiger charge is 2.19. The van der Waals surface area contributed by atoms with Crippen LogP contribution in [-0.4, -0.2) is 37.2 Å². The van der Waals surface area contributed by atoms with Gasteiger partial charge >= 0.3 is 17.9 Å². The number of ether oxygens (including phenoxy) is 3. The van der Waals surface area contributed by atoms with E-state index in [1.165, 1.54) is 199 Å². The Morgan fingerprint density at radius 1 is 0.256 bits per heavy atom. The lowest BCUT2D eigenvalue weighted by atomic mass is 10.0. The van der Waals surface area contributed by atoms with Gasteiger partial charge in [-0.25, -0.2) is 0 Å². The first-order chi connectivity index (χ1) is 40.5. The number of rotatable bonds is 63. The molecule has 0 aliphatic rings. The van der Waals surface area contributed by atoms with Crippen LogP contribution in [0.1, 0.15) is 335 Å². The van der Waals surface area contributed by atoms with Crippen molar-refractivity contribution in [1.82, 2.24) is 0 Å². The van der Waals surface area contributed by atoms with E-state index >= 15 is 0 Å². The minimum atomic E-state index is -0.820. The van der Waals surface area contributed by atoms with Gasteiger partial charge in [0.25, 0.3) is 0 Å². The molecule has 0 N–H and O–H groups in total. The maximum atomic E-state index is 12.9. The van der Waals surface area contributed by atoms with Crippen LogP contribution in [-0.2, 0) is 28.6 Å². The van der Waals surface area contributed by atoms with Crippen molar-refractivity contribution in [2.75, 3.05) is 13.2 Å². The van der Waals surface area contributed by atoms with Gasteiger partial charge in [-0.1, -0.05) is 329 Å². The summed E-state index contributed by atoms with van der Waals surface area (Å²) >= 11 is 0. The fourth-order valence-corrected chi connectivity index (χ4v) is 9.83. The topological polar surface area (TPSA) is 78.9 Å². The van der Waals surface area contributed by atoms with Gasteiger partial charge in [0.2, 0.25) is 0 Å². The molecule has 82 heavy (non-hydrogen) atoms. The zero-order valence-corrected chi connectivity index (χ0v) is 54.0. The fraction of sp³-hybridized carbons (Fsp3) is 0.724. The smallest absolute Gasteiger partial charge is 0.306 e. The lowest BCUT2D eigenvalue weighted by Crippen LogP contribution is -2.30. The predicted octanol–water partition coefficient (Wildman–Crippen LogP) is 24.2. The van der Waals surface area contributed by atoms with Crippen molar-refractivity contribution in [3.63, 3.8) is 0 Å². The monoisotopic (exact) mass is 1140 g/mol. The highest BCUT2D eigenvalue weighted by molar-refractivity contribution is 5.71. The molecule has 0 fully saturated rings. The van der Waals surface area contributed by atoms with Crippen molar-refractivity contribution in [3.05, 3.63) is 109 Å². The van der Waals surface area contributed by atoms with Gasteiger partial charge in [0, 0.05) is 19.3 Å². The Labute approximate surface area is 508 Å².